The van der Waals surface area contributed by atoms with Crippen molar-refractivity contribution in [3.63, 3.8) is 0 Å². The third-order valence-corrected chi connectivity index (χ3v) is 1.65. The molecule has 0 atom stereocenters. The highest BCUT2D eigenvalue weighted by Gasteiger charge is 2.29. The molecule has 0 aromatic heterocycles. The summed E-state index contributed by atoms with van der Waals surface area (Å²) in [5, 5.41) is 0. The van der Waals surface area contributed by atoms with Crippen molar-refractivity contribution in [1.29, 1.82) is 0 Å². The van der Waals surface area contributed by atoms with Crippen LogP contribution < -0.4 is 0 Å². The molecule has 0 saturated carbocycles. The van der Waals surface area contributed by atoms with E-state index in [-0.39, 0.29) is 0 Å². The predicted octanol–water partition coefficient (Wildman–Crippen LogP) is 2.67. The van der Waals surface area contributed by atoms with Crippen LogP contribution in [-0.4, -0.2) is 36.6 Å². The van der Waals surface area contributed by atoms with Crippen molar-refractivity contribution < 1.29 is 13.2 Å². The number of halogens is 4. The summed E-state index contributed by atoms with van der Waals surface area (Å²) >= 11 is 5.33. The molecule has 0 aliphatic carbocycles. The normalized spacial score (nSPS) is 13.1. The number of nitrogens with zero attached hydrogens (tertiary/aromatic N) is 1. The Balaban J connectivity index is 3.83. The smallest absolute Gasteiger partial charge is 0.292 e. The molecule has 0 saturated heterocycles. The molecule has 0 N–H and O–H groups in total. The highest BCUT2D eigenvalue weighted by Crippen LogP contribution is 2.15. The van der Waals surface area contributed by atoms with Crippen LogP contribution in [-0.2, 0) is 0 Å². The largest absolute Gasteiger partial charge is 0.401 e. The third-order valence-electron chi connectivity index (χ3n) is 1.47. The average molecular weight is 216 g/mol. The van der Waals surface area contributed by atoms with E-state index in [1.165, 1.54) is 4.90 Å². The van der Waals surface area contributed by atoms with E-state index in [1.54, 1.807) is 19.1 Å². The maximum absolute atomic E-state index is 11.9. The van der Waals surface area contributed by atoms with Gasteiger partial charge in [-0.1, -0.05) is 19.1 Å². The van der Waals surface area contributed by atoms with Crippen molar-refractivity contribution in [3.05, 3.63) is 12.2 Å². The molecule has 13 heavy (non-hydrogen) atoms. The van der Waals surface area contributed by atoms with Gasteiger partial charge >= 0.3 is 6.18 Å². The van der Waals surface area contributed by atoms with Crippen molar-refractivity contribution in [2.45, 2.75) is 13.1 Å². The van der Waals surface area contributed by atoms with Crippen molar-refractivity contribution >= 4 is 11.6 Å². The minimum Gasteiger partial charge on any atom is -0.292 e. The highest BCUT2D eigenvalue weighted by atomic mass is 35.5. The second kappa shape index (κ2) is 6.27. The molecule has 0 fully saturated rings. The molecule has 0 aliphatic heterocycles. The molecule has 0 aromatic carbocycles. The summed E-state index contributed by atoms with van der Waals surface area (Å²) in [4.78, 5) is 1.29. The van der Waals surface area contributed by atoms with Crippen molar-refractivity contribution in [3.8, 4) is 0 Å². The van der Waals surface area contributed by atoms with Gasteiger partial charge in [0.1, 0.15) is 0 Å². The van der Waals surface area contributed by atoms with Crippen LogP contribution in [0.5, 0.6) is 0 Å². The second-order valence-electron chi connectivity index (χ2n) is 2.57. The molecular weight excluding hydrogens is 203 g/mol. The molecule has 0 rings (SSSR count). The summed E-state index contributed by atoms with van der Waals surface area (Å²) in [5.41, 5.74) is 0. The van der Waals surface area contributed by atoms with Gasteiger partial charge < -0.3 is 0 Å². The van der Waals surface area contributed by atoms with Gasteiger partial charge in [0.25, 0.3) is 0 Å². The summed E-state index contributed by atoms with van der Waals surface area (Å²) < 4.78 is 35.7. The first kappa shape index (κ1) is 12.8. The lowest BCUT2D eigenvalue weighted by Gasteiger charge is -2.19. The van der Waals surface area contributed by atoms with Gasteiger partial charge in [-0.25, -0.2) is 0 Å². The maximum Gasteiger partial charge on any atom is 0.401 e. The number of alkyl halides is 4. The van der Waals surface area contributed by atoms with E-state index < -0.39 is 12.7 Å². The Hall–Kier alpha value is -0.220. The predicted molar refractivity (Wildman–Crippen MR) is 48.0 cm³/mol. The van der Waals surface area contributed by atoms with E-state index >= 15 is 0 Å². The van der Waals surface area contributed by atoms with Crippen molar-refractivity contribution in [1.82, 2.24) is 4.90 Å². The standard InChI is InChI=1S/C8H13ClF3N/c1-2-13(6-4-3-5-9)7-8(10,11)12/h3-4H,2,5-7H2,1H3. The topological polar surface area (TPSA) is 3.24 Å². The van der Waals surface area contributed by atoms with Gasteiger partial charge in [-0.15, -0.1) is 11.6 Å². The van der Waals surface area contributed by atoms with Gasteiger partial charge in [-0.3, -0.25) is 4.90 Å². The SMILES string of the molecule is CCN(CC=CCCl)CC(F)(F)F. The quantitative estimate of drug-likeness (QED) is 0.504. The zero-order chi connectivity index (χ0) is 10.3. The first-order valence-corrected chi connectivity index (χ1v) is 4.53. The zero-order valence-electron chi connectivity index (χ0n) is 7.44. The van der Waals surface area contributed by atoms with E-state index in [9.17, 15) is 13.2 Å². The number of hydrogen-bond acceptors (Lipinski definition) is 1. The molecule has 0 radical (unpaired) electrons. The van der Waals surface area contributed by atoms with Gasteiger partial charge in [-0.05, 0) is 6.54 Å². The molecule has 5 heteroatoms. The van der Waals surface area contributed by atoms with E-state index in [0.29, 0.717) is 19.0 Å². The average Bonchev–Trinajstić information content (AvgIpc) is 2.01. The number of hydrogen-bond donors (Lipinski definition) is 0. The fourth-order valence-electron chi connectivity index (χ4n) is 0.846. The van der Waals surface area contributed by atoms with E-state index in [4.69, 9.17) is 11.6 Å². The zero-order valence-corrected chi connectivity index (χ0v) is 8.20. The van der Waals surface area contributed by atoms with Crippen LogP contribution in [0.4, 0.5) is 13.2 Å². The van der Waals surface area contributed by atoms with Crippen LogP contribution in [0.25, 0.3) is 0 Å². The molecule has 0 unspecified atom stereocenters. The fourth-order valence-corrected chi connectivity index (χ4v) is 0.972. The molecule has 78 valence electrons. The Morgan fingerprint density at radius 2 is 1.92 bits per heavy atom. The van der Waals surface area contributed by atoms with Gasteiger partial charge in [0.15, 0.2) is 0 Å². The van der Waals surface area contributed by atoms with Gasteiger partial charge in [0.05, 0.1) is 6.54 Å². The van der Waals surface area contributed by atoms with Crippen LogP contribution >= 0.6 is 11.6 Å². The monoisotopic (exact) mass is 215 g/mol. The first-order valence-electron chi connectivity index (χ1n) is 3.99. The molecule has 0 heterocycles. The summed E-state index contributed by atoms with van der Waals surface area (Å²) in [6.07, 6.45) is -0.840. The van der Waals surface area contributed by atoms with Crippen molar-refractivity contribution in [2.75, 3.05) is 25.5 Å². The van der Waals surface area contributed by atoms with E-state index in [1.807, 2.05) is 0 Å². The second-order valence-corrected chi connectivity index (χ2v) is 2.88. The lowest BCUT2D eigenvalue weighted by molar-refractivity contribution is -0.144. The molecule has 1 nitrogen and oxygen atoms in total. The Morgan fingerprint density at radius 3 is 2.31 bits per heavy atom. The van der Waals surface area contributed by atoms with Gasteiger partial charge in [0.2, 0.25) is 0 Å². The van der Waals surface area contributed by atoms with E-state index in [2.05, 4.69) is 0 Å². The lowest BCUT2D eigenvalue weighted by Crippen LogP contribution is -2.34. The van der Waals surface area contributed by atoms with Crippen LogP contribution in [0.2, 0.25) is 0 Å². The maximum atomic E-state index is 11.9. The summed E-state index contributed by atoms with van der Waals surface area (Å²) in [6, 6.07) is 0. The summed E-state index contributed by atoms with van der Waals surface area (Å²) in [5.74, 6) is 0.337. The number of likely N-dealkylation sites (N-methyl/N-ethyl adjacent to an activating group) is 1. The summed E-state index contributed by atoms with van der Waals surface area (Å²) in [6.45, 7) is 1.51. The minimum absolute atomic E-state index is 0.294. The van der Waals surface area contributed by atoms with Gasteiger partial charge in [-0.2, -0.15) is 13.2 Å². The number of allylic oxidation sites excluding steroid dienone is 1. The first-order chi connectivity index (χ1) is 5.99. The Morgan fingerprint density at radius 1 is 1.31 bits per heavy atom. The van der Waals surface area contributed by atoms with Crippen LogP contribution in [0.15, 0.2) is 12.2 Å². The fraction of sp³-hybridized carbons (Fsp3) is 0.750. The third kappa shape index (κ3) is 8.12. The molecule has 0 amide bonds. The van der Waals surface area contributed by atoms with Crippen molar-refractivity contribution in [2.24, 2.45) is 0 Å². The molecule has 0 aromatic rings. The highest BCUT2D eigenvalue weighted by molar-refractivity contribution is 6.18. The molecule has 0 aliphatic rings. The minimum atomic E-state index is -4.12. The van der Waals surface area contributed by atoms with Crippen LogP contribution in [0.1, 0.15) is 6.92 Å². The number of rotatable bonds is 5. The Bertz CT molecular complexity index is 156. The summed E-state index contributed by atoms with van der Waals surface area (Å²) in [7, 11) is 0. The molecule has 0 spiro atoms. The van der Waals surface area contributed by atoms with E-state index in [0.717, 1.165) is 0 Å². The van der Waals surface area contributed by atoms with Crippen LogP contribution in [0.3, 0.4) is 0 Å². The Labute approximate surface area is 81.2 Å². The Kier molecular flexibility index (Phi) is 6.16. The molecular formula is C8H13ClF3N. The lowest BCUT2D eigenvalue weighted by atomic mass is 10.4. The van der Waals surface area contributed by atoms with Gasteiger partial charge in [0, 0.05) is 12.4 Å². The van der Waals surface area contributed by atoms with Crippen LogP contribution in [0, 0.1) is 0 Å². The molecule has 0 bridgehead atoms.